The van der Waals surface area contributed by atoms with E-state index in [9.17, 15) is 40.2 Å². The van der Waals surface area contributed by atoms with Gasteiger partial charge in [-0.15, -0.1) is 0 Å². The Morgan fingerprint density at radius 1 is 0.931 bits per heavy atom. The molecule has 3 rings (SSSR count). The summed E-state index contributed by atoms with van der Waals surface area (Å²) in [7, 11) is 0. The van der Waals surface area contributed by atoms with Crippen LogP contribution in [0.2, 0.25) is 0 Å². The lowest BCUT2D eigenvalue weighted by Crippen LogP contribution is -2.48. The van der Waals surface area contributed by atoms with Gasteiger partial charge in [-0.3, -0.25) is 9.36 Å². The van der Waals surface area contributed by atoms with Crippen LogP contribution in [0.3, 0.4) is 0 Å². The van der Waals surface area contributed by atoms with Crippen molar-refractivity contribution in [1.29, 1.82) is 0 Å². The number of hydrogen-bond acceptors (Lipinski definition) is 10. The van der Waals surface area contributed by atoms with E-state index in [0.29, 0.717) is 4.57 Å². The highest BCUT2D eigenvalue weighted by Crippen LogP contribution is 2.30. The second kappa shape index (κ2) is 8.75. The molecule has 2 aliphatic heterocycles. The Balaban J connectivity index is 2.15. The minimum atomic E-state index is -1.69. The topological polar surface area (TPSA) is 184 Å². The average molecular weight is 481 g/mol. The van der Waals surface area contributed by atoms with E-state index in [1.54, 1.807) is 0 Å². The van der Waals surface area contributed by atoms with Gasteiger partial charge in [-0.2, -0.15) is 0 Å². The lowest BCUT2D eigenvalue weighted by atomic mass is 10.1. The summed E-state index contributed by atoms with van der Waals surface area (Å²) in [5.41, 5.74) is -2.01. The number of rotatable bonds is 5. The smallest absolute Gasteiger partial charge is 0.335 e. The zero-order chi connectivity index (χ0) is 21.5. The summed E-state index contributed by atoms with van der Waals surface area (Å²) in [4.78, 5) is 27.2. The average Bonchev–Trinajstić information content (AvgIpc) is 3.15. The van der Waals surface area contributed by atoms with Crippen molar-refractivity contribution in [2.45, 2.75) is 49.1 Å². The third kappa shape index (κ3) is 3.73. The molecule has 2 unspecified atom stereocenters. The van der Waals surface area contributed by atoms with Gasteiger partial charge >= 0.3 is 5.69 Å². The summed E-state index contributed by atoms with van der Waals surface area (Å²) in [5, 5.41) is 58.9. The Bertz CT molecular complexity index is 885. The van der Waals surface area contributed by atoms with E-state index in [-0.39, 0.29) is 5.56 Å². The van der Waals surface area contributed by atoms with Gasteiger partial charge in [0.15, 0.2) is 12.5 Å². The van der Waals surface area contributed by atoms with Crippen molar-refractivity contribution >= 4 is 22.0 Å². The molecular formula is C16H21BrN2O10. The monoisotopic (exact) mass is 480 g/mol. The maximum absolute atomic E-state index is 13.0. The van der Waals surface area contributed by atoms with Crippen LogP contribution in [0, 0.1) is 0 Å². The first-order valence-electron chi connectivity index (χ1n) is 8.66. The molecule has 0 amide bonds. The molecule has 0 saturated carbocycles. The van der Waals surface area contributed by atoms with Gasteiger partial charge in [0.05, 0.1) is 18.8 Å². The van der Waals surface area contributed by atoms with Crippen molar-refractivity contribution in [3.05, 3.63) is 37.6 Å². The number of nitrogens with zero attached hydrogens (tertiary/aromatic N) is 2. The molecule has 0 aliphatic carbocycles. The van der Waals surface area contributed by atoms with E-state index >= 15 is 0 Å². The third-order valence-electron chi connectivity index (χ3n) is 4.98. The van der Waals surface area contributed by atoms with Crippen molar-refractivity contribution in [1.82, 2.24) is 9.13 Å². The van der Waals surface area contributed by atoms with E-state index in [1.807, 2.05) is 0 Å². The van der Waals surface area contributed by atoms with Gasteiger partial charge in [0, 0.05) is 6.20 Å². The molecular weight excluding hydrogens is 460 g/mol. The molecule has 0 radical (unpaired) electrons. The maximum Gasteiger partial charge on any atom is 0.335 e. The van der Waals surface area contributed by atoms with Crippen LogP contribution in [0.1, 0.15) is 18.0 Å². The molecule has 2 saturated heterocycles. The molecule has 29 heavy (non-hydrogen) atoms. The summed E-state index contributed by atoms with van der Waals surface area (Å²) in [6.45, 7) is -1.28. The van der Waals surface area contributed by atoms with Gasteiger partial charge in [0.1, 0.15) is 36.6 Å². The van der Waals surface area contributed by atoms with E-state index in [0.717, 1.165) is 10.8 Å². The predicted octanol–water partition coefficient (Wildman–Crippen LogP) is -3.40. The van der Waals surface area contributed by atoms with Gasteiger partial charge < -0.3 is 40.1 Å². The van der Waals surface area contributed by atoms with Crippen molar-refractivity contribution in [2.24, 2.45) is 0 Å². The van der Waals surface area contributed by atoms with E-state index in [4.69, 9.17) is 9.47 Å². The summed E-state index contributed by atoms with van der Waals surface area (Å²) in [5.74, 6) is 0. The first kappa shape index (κ1) is 22.3. The highest BCUT2D eigenvalue weighted by Gasteiger charge is 2.47. The quantitative estimate of drug-likeness (QED) is 0.248. The highest BCUT2D eigenvalue weighted by atomic mass is 79.9. The lowest BCUT2D eigenvalue weighted by Gasteiger charge is -2.23. The Morgan fingerprint density at radius 3 is 1.93 bits per heavy atom. The zero-order valence-corrected chi connectivity index (χ0v) is 16.4. The van der Waals surface area contributed by atoms with Gasteiger partial charge in [-0.1, -0.05) is 15.9 Å². The Morgan fingerprint density at radius 2 is 1.45 bits per heavy atom. The minimum absolute atomic E-state index is 0.0723. The standard InChI is InChI=1S/C16H21BrN2O10/c17-2-1-6-3-18(14-11(24)9(22)7(4-20)28-14)16(27)19(13(6)26)15-12(25)10(23)8(5-21)29-15/h1-3,7-12,14-15,20-25H,4-5H2/b2-1+/t7-,8+,9?,10+,11?,12-,14-,15+/m0/s1. The van der Waals surface area contributed by atoms with Crippen LogP contribution >= 0.6 is 15.9 Å². The van der Waals surface area contributed by atoms with Crippen LogP contribution in [0.5, 0.6) is 0 Å². The molecule has 0 spiro atoms. The number of aliphatic hydroxyl groups is 6. The lowest BCUT2D eigenvalue weighted by molar-refractivity contribution is -0.0685. The Hall–Kier alpha value is -1.42. The molecule has 13 heteroatoms. The molecule has 3 heterocycles. The SMILES string of the molecule is O=c1c(/C=C/Br)cn([C@H]2O[C@@H](CO)C(O)C2O)c(=O)n1[C@@H]1O[C@H](CO)[C@@H](O)[C@@H]1O. The van der Waals surface area contributed by atoms with Gasteiger partial charge in [-0.05, 0) is 11.1 Å². The minimum Gasteiger partial charge on any atom is -0.394 e. The molecule has 0 aromatic carbocycles. The molecule has 0 bridgehead atoms. The Kier molecular flexibility index (Phi) is 6.72. The van der Waals surface area contributed by atoms with E-state index in [1.165, 1.54) is 11.1 Å². The number of halogens is 1. The fourth-order valence-electron chi connectivity index (χ4n) is 3.40. The zero-order valence-electron chi connectivity index (χ0n) is 14.9. The predicted molar refractivity (Wildman–Crippen MR) is 98.9 cm³/mol. The van der Waals surface area contributed by atoms with Crippen molar-refractivity contribution in [3.8, 4) is 0 Å². The molecule has 162 valence electrons. The Labute approximate surface area is 171 Å². The molecule has 12 nitrogen and oxygen atoms in total. The molecule has 6 N–H and O–H groups in total. The van der Waals surface area contributed by atoms with Crippen molar-refractivity contribution < 1.29 is 40.1 Å². The van der Waals surface area contributed by atoms with Gasteiger partial charge in [0.2, 0.25) is 0 Å². The van der Waals surface area contributed by atoms with Crippen LogP contribution in [0.4, 0.5) is 0 Å². The van der Waals surface area contributed by atoms with Crippen LogP contribution < -0.4 is 11.2 Å². The maximum atomic E-state index is 13.0. The number of aliphatic hydroxyl groups excluding tert-OH is 6. The van der Waals surface area contributed by atoms with Gasteiger partial charge in [0.25, 0.3) is 5.56 Å². The van der Waals surface area contributed by atoms with Crippen LogP contribution in [0.15, 0.2) is 20.8 Å². The van der Waals surface area contributed by atoms with Gasteiger partial charge in [-0.25, -0.2) is 9.36 Å². The summed E-state index contributed by atoms with van der Waals surface area (Å²) >= 11 is 3.02. The molecule has 1 aromatic rings. The van der Waals surface area contributed by atoms with Crippen molar-refractivity contribution in [2.75, 3.05) is 13.2 Å². The normalized spacial score (nSPS) is 37.6. The fraction of sp³-hybridized carbons (Fsp3) is 0.625. The first-order chi connectivity index (χ1) is 13.8. The molecule has 2 fully saturated rings. The largest absolute Gasteiger partial charge is 0.394 e. The van der Waals surface area contributed by atoms with E-state index in [2.05, 4.69) is 15.9 Å². The van der Waals surface area contributed by atoms with Crippen molar-refractivity contribution in [3.63, 3.8) is 0 Å². The molecule has 8 atom stereocenters. The third-order valence-corrected chi connectivity index (χ3v) is 5.24. The summed E-state index contributed by atoms with van der Waals surface area (Å²) < 4.78 is 12.0. The second-order valence-electron chi connectivity index (χ2n) is 6.70. The van der Waals surface area contributed by atoms with Crippen LogP contribution in [-0.4, -0.2) is 89.6 Å². The summed E-state index contributed by atoms with van der Waals surface area (Å²) in [6.07, 6.45) is -9.39. The first-order valence-corrected chi connectivity index (χ1v) is 9.57. The van der Waals surface area contributed by atoms with E-state index < -0.39 is 73.5 Å². The highest BCUT2D eigenvalue weighted by molar-refractivity contribution is 9.11. The number of ether oxygens (including phenoxy) is 2. The fourth-order valence-corrected chi connectivity index (χ4v) is 3.69. The molecule has 2 aliphatic rings. The summed E-state index contributed by atoms with van der Waals surface area (Å²) in [6, 6.07) is 0. The van der Waals surface area contributed by atoms with Crippen LogP contribution in [-0.2, 0) is 9.47 Å². The van der Waals surface area contributed by atoms with Crippen LogP contribution in [0.25, 0.3) is 6.08 Å². The molecule has 1 aromatic heterocycles. The second-order valence-corrected chi connectivity index (χ2v) is 7.23. The number of aromatic nitrogens is 2. The number of hydrogen-bond donors (Lipinski definition) is 6.